The van der Waals surface area contributed by atoms with E-state index in [2.05, 4.69) is 10.6 Å². The van der Waals surface area contributed by atoms with Crippen LogP contribution in [0.25, 0.3) is 0 Å². The molecular formula is C12H23N3OS. The van der Waals surface area contributed by atoms with E-state index in [4.69, 9.17) is 18.0 Å². The molecule has 0 heterocycles. The Morgan fingerprint density at radius 2 is 2.00 bits per heavy atom. The number of rotatable bonds is 4. The van der Waals surface area contributed by atoms with Crippen LogP contribution in [0.4, 0.5) is 4.79 Å². The third-order valence-corrected chi connectivity index (χ3v) is 4.03. The Bertz CT molecular complexity index is 289. The summed E-state index contributed by atoms with van der Waals surface area (Å²) in [4.78, 5) is 12.2. The summed E-state index contributed by atoms with van der Waals surface area (Å²) in [6.07, 6.45) is 6.52. The van der Waals surface area contributed by atoms with E-state index in [-0.39, 0.29) is 6.03 Å². The van der Waals surface area contributed by atoms with Gasteiger partial charge in [0.1, 0.15) is 0 Å². The maximum Gasteiger partial charge on any atom is 0.315 e. The highest BCUT2D eigenvalue weighted by Crippen LogP contribution is 2.17. The maximum absolute atomic E-state index is 11.9. The largest absolute Gasteiger partial charge is 0.391 e. The average Bonchev–Trinajstić information content (AvgIpc) is 2.29. The summed E-state index contributed by atoms with van der Waals surface area (Å²) in [5, 5.41) is 5.87. The van der Waals surface area contributed by atoms with Gasteiger partial charge in [-0.05, 0) is 26.2 Å². The van der Waals surface area contributed by atoms with Gasteiger partial charge in [0.05, 0.1) is 10.5 Å². The van der Waals surface area contributed by atoms with Crippen LogP contribution in [0.3, 0.4) is 0 Å². The minimum atomic E-state index is -0.589. The zero-order chi connectivity index (χ0) is 12.9. The number of urea groups is 1. The van der Waals surface area contributed by atoms with Gasteiger partial charge < -0.3 is 16.4 Å². The summed E-state index contributed by atoms with van der Waals surface area (Å²) in [7, 11) is 0. The van der Waals surface area contributed by atoms with E-state index >= 15 is 0 Å². The zero-order valence-corrected chi connectivity index (χ0v) is 11.5. The number of hydrogen-bond donors (Lipinski definition) is 3. The van der Waals surface area contributed by atoms with Crippen molar-refractivity contribution in [1.82, 2.24) is 10.6 Å². The lowest BCUT2D eigenvalue weighted by molar-refractivity contribution is 0.226. The van der Waals surface area contributed by atoms with Gasteiger partial charge in [-0.2, -0.15) is 0 Å². The smallest absolute Gasteiger partial charge is 0.315 e. The second kappa shape index (κ2) is 6.19. The van der Waals surface area contributed by atoms with Crippen molar-refractivity contribution in [2.75, 3.05) is 0 Å². The van der Waals surface area contributed by atoms with Gasteiger partial charge in [-0.3, -0.25) is 0 Å². The van der Waals surface area contributed by atoms with Crippen LogP contribution in [0, 0.1) is 0 Å². The Kier molecular flexibility index (Phi) is 5.18. The number of nitrogens with two attached hydrogens (primary N) is 1. The summed E-state index contributed by atoms with van der Waals surface area (Å²) in [6.45, 7) is 3.82. The number of thiocarbonyl (C=S) groups is 1. The molecule has 1 rings (SSSR count). The molecule has 0 bridgehead atoms. The second-order valence-corrected chi connectivity index (χ2v) is 5.42. The molecule has 0 saturated heterocycles. The molecule has 0 spiro atoms. The van der Waals surface area contributed by atoms with Crippen LogP contribution in [0.1, 0.15) is 52.4 Å². The van der Waals surface area contributed by atoms with E-state index in [1.54, 1.807) is 0 Å². The van der Waals surface area contributed by atoms with E-state index < -0.39 is 5.54 Å². The first-order valence-electron chi connectivity index (χ1n) is 6.36. The predicted molar refractivity (Wildman–Crippen MR) is 74.0 cm³/mol. The molecule has 1 unspecified atom stereocenters. The molecule has 98 valence electrons. The van der Waals surface area contributed by atoms with E-state index in [1.807, 2.05) is 13.8 Å². The summed E-state index contributed by atoms with van der Waals surface area (Å²) >= 11 is 4.99. The van der Waals surface area contributed by atoms with Crippen molar-refractivity contribution in [1.29, 1.82) is 0 Å². The van der Waals surface area contributed by atoms with Gasteiger partial charge in [0.15, 0.2) is 0 Å². The topological polar surface area (TPSA) is 67.2 Å². The Morgan fingerprint density at radius 3 is 2.47 bits per heavy atom. The number of hydrogen-bond acceptors (Lipinski definition) is 2. The van der Waals surface area contributed by atoms with Crippen LogP contribution in [0.2, 0.25) is 0 Å². The molecule has 1 atom stereocenters. The molecule has 0 radical (unpaired) electrons. The highest BCUT2D eigenvalue weighted by Gasteiger charge is 2.28. The molecule has 2 amide bonds. The highest BCUT2D eigenvalue weighted by atomic mass is 32.1. The molecule has 1 aliphatic rings. The fourth-order valence-electron chi connectivity index (χ4n) is 2.04. The van der Waals surface area contributed by atoms with Crippen molar-refractivity contribution < 1.29 is 4.79 Å². The third-order valence-electron chi connectivity index (χ3n) is 3.58. The predicted octanol–water partition coefficient (Wildman–Crippen LogP) is 2.07. The molecule has 0 aromatic carbocycles. The zero-order valence-electron chi connectivity index (χ0n) is 10.7. The van der Waals surface area contributed by atoms with Crippen LogP contribution in [-0.2, 0) is 0 Å². The Morgan fingerprint density at radius 1 is 1.41 bits per heavy atom. The SMILES string of the molecule is CCC(C)(NC(=O)NC1CCCCC1)C(N)=S. The fraction of sp³-hybridized carbons (Fsp3) is 0.833. The molecule has 17 heavy (non-hydrogen) atoms. The number of carbonyl (C=O) groups excluding carboxylic acids is 1. The molecular weight excluding hydrogens is 234 g/mol. The first-order chi connectivity index (χ1) is 7.98. The van der Waals surface area contributed by atoms with Gasteiger partial charge >= 0.3 is 6.03 Å². The van der Waals surface area contributed by atoms with Gasteiger partial charge in [-0.1, -0.05) is 38.4 Å². The summed E-state index contributed by atoms with van der Waals surface area (Å²) in [5.41, 5.74) is 5.06. The molecule has 0 aliphatic heterocycles. The molecule has 4 nitrogen and oxygen atoms in total. The normalized spacial score (nSPS) is 20.4. The van der Waals surface area contributed by atoms with Crippen molar-refractivity contribution in [2.24, 2.45) is 5.73 Å². The Balaban J connectivity index is 2.44. The first-order valence-corrected chi connectivity index (χ1v) is 6.77. The molecule has 1 fully saturated rings. The third kappa shape index (κ3) is 4.15. The standard InChI is InChI=1S/C12H23N3OS/c1-3-12(2,10(13)17)15-11(16)14-9-7-5-4-6-8-9/h9H,3-8H2,1-2H3,(H2,13,17)(H2,14,15,16). The molecule has 4 N–H and O–H groups in total. The van der Waals surface area contributed by atoms with Crippen molar-refractivity contribution in [3.8, 4) is 0 Å². The quantitative estimate of drug-likeness (QED) is 0.675. The number of carbonyl (C=O) groups is 1. The maximum atomic E-state index is 11.9. The summed E-state index contributed by atoms with van der Waals surface area (Å²) < 4.78 is 0. The van der Waals surface area contributed by atoms with Crippen LogP contribution in [-0.4, -0.2) is 22.6 Å². The van der Waals surface area contributed by atoms with Crippen LogP contribution in [0.5, 0.6) is 0 Å². The van der Waals surface area contributed by atoms with E-state index in [9.17, 15) is 4.79 Å². The fourth-order valence-corrected chi connectivity index (χ4v) is 2.24. The lowest BCUT2D eigenvalue weighted by atomic mass is 9.95. The average molecular weight is 257 g/mol. The van der Waals surface area contributed by atoms with Crippen LogP contribution in [0.15, 0.2) is 0 Å². The molecule has 5 heteroatoms. The number of amides is 2. The van der Waals surface area contributed by atoms with E-state index in [0.29, 0.717) is 17.5 Å². The van der Waals surface area contributed by atoms with Crippen molar-refractivity contribution >= 4 is 23.2 Å². The summed E-state index contributed by atoms with van der Waals surface area (Å²) in [6, 6.07) is 0.144. The lowest BCUT2D eigenvalue weighted by Gasteiger charge is -2.30. The lowest BCUT2D eigenvalue weighted by Crippen LogP contribution is -2.58. The molecule has 0 aromatic rings. The van der Waals surface area contributed by atoms with E-state index in [0.717, 1.165) is 12.8 Å². The van der Waals surface area contributed by atoms with Crippen LogP contribution >= 0.6 is 12.2 Å². The highest BCUT2D eigenvalue weighted by molar-refractivity contribution is 7.80. The van der Waals surface area contributed by atoms with Crippen molar-refractivity contribution in [2.45, 2.75) is 64.0 Å². The van der Waals surface area contributed by atoms with E-state index in [1.165, 1.54) is 19.3 Å². The Labute approximate surface area is 109 Å². The van der Waals surface area contributed by atoms with Crippen molar-refractivity contribution in [3.05, 3.63) is 0 Å². The second-order valence-electron chi connectivity index (χ2n) is 4.98. The van der Waals surface area contributed by atoms with Crippen LogP contribution < -0.4 is 16.4 Å². The number of nitrogens with one attached hydrogen (secondary N) is 2. The van der Waals surface area contributed by atoms with Gasteiger partial charge in [0, 0.05) is 6.04 Å². The van der Waals surface area contributed by atoms with Gasteiger partial charge in [-0.15, -0.1) is 0 Å². The van der Waals surface area contributed by atoms with Gasteiger partial charge in [0.25, 0.3) is 0 Å². The summed E-state index contributed by atoms with van der Waals surface area (Å²) in [5.74, 6) is 0. The van der Waals surface area contributed by atoms with Crippen molar-refractivity contribution in [3.63, 3.8) is 0 Å². The van der Waals surface area contributed by atoms with Gasteiger partial charge in [0.2, 0.25) is 0 Å². The van der Waals surface area contributed by atoms with Gasteiger partial charge in [-0.25, -0.2) is 4.79 Å². The minimum Gasteiger partial charge on any atom is -0.391 e. The molecule has 1 aliphatic carbocycles. The molecule has 0 aromatic heterocycles. The first kappa shape index (κ1) is 14.2. The molecule has 1 saturated carbocycles. The Hall–Kier alpha value is -0.840. The minimum absolute atomic E-state index is 0.158. The monoisotopic (exact) mass is 257 g/mol.